The highest BCUT2D eigenvalue weighted by Gasteiger charge is 2.22. The minimum absolute atomic E-state index is 0.173. The number of thiophene rings is 1. The molecule has 0 aliphatic carbocycles. The van der Waals surface area contributed by atoms with E-state index in [1.807, 2.05) is 17.5 Å². The fourth-order valence-corrected chi connectivity index (χ4v) is 2.37. The standard InChI is InChI=1S/C13H12N2OS/c1-9-4-6-10(7-5-9)13-14-12(15-16-13)11-3-2-8-17-11/h2-8,13H,1H3,(H,14,15). The van der Waals surface area contributed by atoms with Crippen LogP contribution in [0.25, 0.3) is 0 Å². The number of hydrogen-bond acceptors (Lipinski definition) is 4. The van der Waals surface area contributed by atoms with Gasteiger partial charge in [-0.3, -0.25) is 0 Å². The van der Waals surface area contributed by atoms with E-state index in [1.54, 1.807) is 11.3 Å². The number of hydrogen-bond donors (Lipinski definition) is 1. The van der Waals surface area contributed by atoms with E-state index in [4.69, 9.17) is 4.84 Å². The average molecular weight is 244 g/mol. The number of nitrogens with zero attached hydrogens (tertiary/aromatic N) is 1. The van der Waals surface area contributed by atoms with Crippen molar-refractivity contribution in [2.24, 2.45) is 5.16 Å². The molecule has 1 N–H and O–H groups in total. The molecule has 1 aromatic carbocycles. The van der Waals surface area contributed by atoms with Crippen LogP contribution in [0.3, 0.4) is 0 Å². The predicted molar refractivity (Wildman–Crippen MR) is 69.0 cm³/mol. The Morgan fingerprint density at radius 1 is 1.24 bits per heavy atom. The van der Waals surface area contributed by atoms with Crippen LogP contribution in [-0.4, -0.2) is 5.84 Å². The van der Waals surface area contributed by atoms with Crippen molar-refractivity contribution in [3.63, 3.8) is 0 Å². The maximum absolute atomic E-state index is 5.40. The predicted octanol–water partition coefficient (Wildman–Crippen LogP) is 3.04. The molecule has 0 bridgehead atoms. The summed E-state index contributed by atoms with van der Waals surface area (Å²) in [7, 11) is 0. The number of amidine groups is 1. The molecule has 3 nitrogen and oxygen atoms in total. The van der Waals surface area contributed by atoms with Gasteiger partial charge in [-0.2, -0.15) is 0 Å². The molecule has 1 atom stereocenters. The number of benzene rings is 1. The lowest BCUT2D eigenvalue weighted by molar-refractivity contribution is 0.0729. The third-order valence-corrected chi connectivity index (χ3v) is 3.53. The van der Waals surface area contributed by atoms with Gasteiger partial charge in [0.05, 0.1) is 4.88 Å². The molecule has 17 heavy (non-hydrogen) atoms. The summed E-state index contributed by atoms with van der Waals surface area (Å²) in [5, 5.41) is 9.37. The van der Waals surface area contributed by atoms with Crippen LogP contribution in [0, 0.1) is 6.92 Å². The summed E-state index contributed by atoms with van der Waals surface area (Å²) >= 11 is 1.65. The van der Waals surface area contributed by atoms with Gasteiger partial charge in [-0.15, -0.1) is 11.3 Å². The largest absolute Gasteiger partial charge is 0.364 e. The Hall–Kier alpha value is -1.81. The van der Waals surface area contributed by atoms with E-state index in [0.29, 0.717) is 0 Å². The van der Waals surface area contributed by atoms with Crippen molar-refractivity contribution >= 4 is 17.2 Å². The summed E-state index contributed by atoms with van der Waals surface area (Å²) in [6.07, 6.45) is -0.173. The lowest BCUT2D eigenvalue weighted by atomic mass is 10.1. The fraction of sp³-hybridized carbons (Fsp3) is 0.154. The van der Waals surface area contributed by atoms with Crippen LogP contribution in [0.4, 0.5) is 0 Å². The van der Waals surface area contributed by atoms with Crippen molar-refractivity contribution in [1.82, 2.24) is 5.32 Å². The number of oxime groups is 1. The molecule has 1 unspecified atom stereocenters. The Morgan fingerprint density at radius 2 is 2.06 bits per heavy atom. The number of nitrogens with one attached hydrogen (secondary N) is 1. The zero-order valence-electron chi connectivity index (χ0n) is 9.38. The first-order valence-electron chi connectivity index (χ1n) is 5.44. The second-order valence-electron chi connectivity index (χ2n) is 3.96. The first kappa shape index (κ1) is 10.4. The SMILES string of the molecule is Cc1ccc(C2NC(c3cccs3)=NO2)cc1. The quantitative estimate of drug-likeness (QED) is 0.881. The summed E-state index contributed by atoms with van der Waals surface area (Å²) < 4.78 is 0. The van der Waals surface area contributed by atoms with E-state index in [2.05, 4.69) is 41.7 Å². The van der Waals surface area contributed by atoms with Crippen LogP contribution in [0.2, 0.25) is 0 Å². The minimum Gasteiger partial charge on any atom is -0.364 e. The van der Waals surface area contributed by atoms with Gasteiger partial charge in [0, 0.05) is 5.56 Å². The fourth-order valence-electron chi connectivity index (χ4n) is 1.70. The van der Waals surface area contributed by atoms with Crippen LogP contribution in [0.1, 0.15) is 22.2 Å². The van der Waals surface area contributed by atoms with Crippen molar-refractivity contribution in [2.45, 2.75) is 13.2 Å². The first-order chi connectivity index (χ1) is 8.33. The highest BCUT2D eigenvalue weighted by molar-refractivity contribution is 7.12. The monoisotopic (exact) mass is 244 g/mol. The zero-order chi connectivity index (χ0) is 11.7. The van der Waals surface area contributed by atoms with Gasteiger partial charge >= 0.3 is 0 Å². The van der Waals surface area contributed by atoms with Gasteiger partial charge in [0.1, 0.15) is 0 Å². The lowest BCUT2D eigenvalue weighted by Crippen LogP contribution is -2.22. The third-order valence-electron chi connectivity index (χ3n) is 2.65. The van der Waals surface area contributed by atoms with E-state index in [-0.39, 0.29) is 6.23 Å². The van der Waals surface area contributed by atoms with E-state index in [0.717, 1.165) is 16.3 Å². The van der Waals surface area contributed by atoms with Gasteiger partial charge in [-0.25, -0.2) is 0 Å². The summed E-state index contributed by atoms with van der Waals surface area (Å²) in [5.74, 6) is 0.811. The van der Waals surface area contributed by atoms with Crippen LogP contribution in [0.5, 0.6) is 0 Å². The van der Waals surface area contributed by atoms with Crippen molar-refractivity contribution in [3.8, 4) is 0 Å². The van der Waals surface area contributed by atoms with E-state index in [1.165, 1.54) is 5.56 Å². The summed E-state index contributed by atoms with van der Waals surface area (Å²) in [4.78, 5) is 6.50. The lowest BCUT2D eigenvalue weighted by Gasteiger charge is -2.09. The summed E-state index contributed by atoms with van der Waals surface area (Å²) in [6.45, 7) is 2.07. The molecule has 0 fully saturated rings. The van der Waals surface area contributed by atoms with E-state index in [9.17, 15) is 0 Å². The molecule has 1 aliphatic heterocycles. The first-order valence-corrected chi connectivity index (χ1v) is 6.32. The van der Waals surface area contributed by atoms with Crippen molar-refractivity contribution in [2.75, 3.05) is 0 Å². The van der Waals surface area contributed by atoms with Gasteiger partial charge in [0.15, 0.2) is 5.84 Å². The van der Waals surface area contributed by atoms with Crippen molar-refractivity contribution < 1.29 is 4.84 Å². The summed E-state index contributed by atoms with van der Waals surface area (Å²) in [5.41, 5.74) is 2.33. The topological polar surface area (TPSA) is 33.6 Å². The average Bonchev–Trinajstić information content (AvgIpc) is 3.00. The molecule has 0 amide bonds. The Morgan fingerprint density at radius 3 is 2.76 bits per heavy atom. The second kappa shape index (κ2) is 4.22. The molecule has 1 aromatic heterocycles. The molecule has 0 saturated heterocycles. The van der Waals surface area contributed by atoms with Gasteiger partial charge in [0.25, 0.3) is 0 Å². The molecular weight excluding hydrogens is 232 g/mol. The molecule has 1 aliphatic rings. The summed E-state index contributed by atoms with van der Waals surface area (Å²) in [6, 6.07) is 12.3. The molecule has 2 heterocycles. The van der Waals surface area contributed by atoms with Crippen molar-refractivity contribution in [1.29, 1.82) is 0 Å². The van der Waals surface area contributed by atoms with Gasteiger partial charge in [0.2, 0.25) is 6.23 Å². The molecule has 0 saturated carbocycles. The van der Waals surface area contributed by atoms with E-state index < -0.39 is 0 Å². The smallest absolute Gasteiger partial charge is 0.224 e. The van der Waals surface area contributed by atoms with Crippen LogP contribution in [-0.2, 0) is 4.84 Å². The number of rotatable bonds is 2. The Labute approximate surface area is 104 Å². The Kier molecular flexibility index (Phi) is 2.57. The second-order valence-corrected chi connectivity index (χ2v) is 4.91. The molecule has 0 radical (unpaired) electrons. The highest BCUT2D eigenvalue weighted by Crippen LogP contribution is 2.22. The molecular formula is C13H12N2OS. The van der Waals surface area contributed by atoms with Gasteiger partial charge < -0.3 is 10.2 Å². The van der Waals surface area contributed by atoms with Gasteiger partial charge in [-0.1, -0.05) is 41.1 Å². The minimum atomic E-state index is -0.173. The maximum Gasteiger partial charge on any atom is 0.224 e. The van der Waals surface area contributed by atoms with Crippen LogP contribution >= 0.6 is 11.3 Å². The van der Waals surface area contributed by atoms with Crippen LogP contribution < -0.4 is 5.32 Å². The Balaban J connectivity index is 1.76. The molecule has 86 valence electrons. The van der Waals surface area contributed by atoms with Crippen LogP contribution in [0.15, 0.2) is 46.9 Å². The van der Waals surface area contributed by atoms with E-state index >= 15 is 0 Å². The Bertz CT molecular complexity index is 531. The van der Waals surface area contributed by atoms with Gasteiger partial charge in [-0.05, 0) is 18.4 Å². The molecule has 2 aromatic rings. The molecule has 0 spiro atoms. The third kappa shape index (κ3) is 2.03. The zero-order valence-corrected chi connectivity index (χ0v) is 10.2. The molecule has 4 heteroatoms. The van der Waals surface area contributed by atoms with Crippen molar-refractivity contribution in [3.05, 3.63) is 57.8 Å². The molecule has 3 rings (SSSR count). The number of aryl methyl sites for hydroxylation is 1. The highest BCUT2D eigenvalue weighted by atomic mass is 32.1. The maximum atomic E-state index is 5.40. The normalized spacial score (nSPS) is 18.4.